The van der Waals surface area contributed by atoms with E-state index in [9.17, 15) is 14.3 Å². The molecule has 1 aromatic carbocycles. The van der Waals surface area contributed by atoms with Gasteiger partial charge in [-0.3, -0.25) is 9.69 Å². The highest BCUT2D eigenvalue weighted by Crippen LogP contribution is 2.39. The minimum atomic E-state index is -1.01. The Balaban J connectivity index is 1.28. The largest absolute Gasteiger partial charge is 0.504 e. The standard InChI is InChI=1S/C21H23FN2O4/c1-27-15-2-4-16(5-3-15)28-17-8-13-10-24(11-14(13)9-17)12-20(26)18-6-7-19(25)21(22)23-18/h2-7,13-14,17,25H,8-12H2,1H3/t13-,14+,17-. The number of nitrogens with zero attached hydrogens (tertiary/aromatic N) is 2. The third-order valence-corrected chi connectivity index (χ3v) is 5.63. The van der Waals surface area contributed by atoms with Crippen molar-refractivity contribution in [3.8, 4) is 17.2 Å². The molecule has 1 N–H and O–H groups in total. The molecule has 28 heavy (non-hydrogen) atoms. The maximum absolute atomic E-state index is 13.4. The van der Waals surface area contributed by atoms with Gasteiger partial charge in [0.15, 0.2) is 11.5 Å². The maximum Gasteiger partial charge on any atom is 0.255 e. The first-order chi connectivity index (χ1) is 13.5. The van der Waals surface area contributed by atoms with Crippen molar-refractivity contribution in [2.75, 3.05) is 26.7 Å². The Kier molecular flexibility index (Phi) is 5.17. The lowest BCUT2D eigenvalue weighted by atomic mass is 10.0. The predicted molar refractivity (Wildman–Crippen MR) is 100 cm³/mol. The number of likely N-dealkylation sites (tertiary alicyclic amines) is 1. The Hall–Kier alpha value is -2.67. The zero-order valence-electron chi connectivity index (χ0n) is 15.7. The molecule has 7 heteroatoms. The highest BCUT2D eigenvalue weighted by molar-refractivity contribution is 5.95. The molecular formula is C21H23FN2O4. The van der Waals surface area contributed by atoms with Gasteiger partial charge in [0.1, 0.15) is 17.2 Å². The summed E-state index contributed by atoms with van der Waals surface area (Å²) in [4.78, 5) is 18.0. The number of aromatic nitrogens is 1. The van der Waals surface area contributed by atoms with E-state index in [0.717, 1.165) is 43.5 Å². The Morgan fingerprint density at radius 2 is 1.79 bits per heavy atom. The number of carbonyl (C=O) groups is 1. The molecule has 6 nitrogen and oxygen atoms in total. The van der Waals surface area contributed by atoms with E-state index in [1.807, 2.05) is 24.3 Å². The van der Waals surface area contributed by atoms with Crippen molar-refractivity contribution in [2.24, 2.45) is 11.8 Å². The van der Waals surface area contributed by atoms with Crippen LogP contribution < -0.4 is 9.47 Å². The van der Waals surface area contributed by atoms with E-state index < -0.39 is 11.7 Å². The van der Waals surface area contributed by atoms with Crippen LogP contribution in [0.5, 0.6) is 17.2 Å². The van der Waals surface area contributed by atoms with Crippen molar-refractivity contribution in [2.45, 2.75) is 18.9 Å². The molecule has 2 aliphatic rings. The van der Waals surface area contributed by atoms with Crippen molar-refractivity contribution in [1.29, 1.82) is 0 Å². The van der Waals surface area contributed by atoms with Crippen molar-refractivity contribution in [3.05, 3.63) is 48.0 Å². The molecule has 1 saturated heterocycles. The number of ether oxygens (including phenoxy) is 2. The number of methoxy groups -OCH3 is 1. The van der Waals surface area contributed by atoms with Gasteiger partial charge in [-0.25, -0.2) is 4.98 Å². The number of pyridine rings is 1. The van der Waals surface area contributed by atoms with Crippen LogP contribution in [0.2, 0.25) is 0 Å². The zero-order chi connectivity index (χ0) is 19.7. The molecule has 1 saturated carbocycles. The first-order valence-electron chi connectivity index (χ1n) is 9.43. The lowest BCUT2D eigenvalue weighted by molar-refractivity contribution is 0.0930. The summed E-state index contributed by atoms with van der Waals surface area (Å²) in [7, 11) is 1.64. The fourth-order valence-corrected chi connectivity index (χ4v) is 4.28. The molecule has 1 aliphatic heterocycles. The summed E-state index contributed by atoms with van der Waals surface area (Å²) in [6.45, 7) is 1.88. The van der Waals surface area contributed by atoms with Gasteiger partial charge in [0.2, 0.25) is 0 Å². The summed E-state index contributed by atoms with van der Waals surface area (Å²) in [5.41, 5.74) is 0.0491. The SMILES string of the molecule is COc1ccc(O[C@@H]2C[C@@H]3CN(CC(=O)c4ccc(O)c(F)n4)C[C@@H]3C2)cc1. The summed E-state index contributed by atoms with van der Waals surface area (Å²) in [6, 6.07) is 10.1. The molecule has 2 heterocycles. The predicted octanol–water partition coefficient (Wildman–Crippen LogP) is 2.91. The molecule has 148 valence electrons. The summed E-state index contributed by atoms with van der Waals surface area (Å²) >= 11 is 0. The van der Waals surface area contributed by atoms with Gasteiger partial charge in [-0.15, -0.1) is 0 Å². The van der Waals surface area contributed by atoms with Crippen LogP contribution in [0.1, 0.15) is 23.3 Å². The molecule has 3 atom stereocenters. The van der Waals surface area contributed by atoms with Crippen LogP contribution in [0, 0.1) is 17.8 Å². The van der Waals surface area contributed by atoms with Crippen LogP contribution in [0.3, 0.4) is 0 Å². The van der Waals surface area contributed by atoms with Crippen molar-refractivity contribution < 1.29 is 23.8 Å². The molecule has 4 rings (SSSR count). The van der Waals surface area contributed by atoms with Crippen LogP contribution >= 0.6 is 0 Å². The number of fused-ring (bicyclic) bond motifs is 1. The number of halogens is 1. The summed E-state index contributed by atoms with van der Waals surface area (Å²) < 4.78 is 24.6. The Labute approximate surface area is 162 Å². The maximum atomic E-state index is 13.4. The number of Topliss-reactive ketones (excluding diaryl/α,β-unsaturated/α-hetero) is 1. The fraction of sp³-hybridized carbons (Fsp3) is 0.429. The second-order valence-corrected chi connectivity index (χ2v) is 7.53. The van der Waals surface area contributed by atoms with Crippen LogP contribution in [0.4, 0.5) is 4.39 Å². The topological polar surface area (TPSA) is 71.9 Å². The number of benzene rings is 1. The van der Waals surface area contributed by atoms with Gasteiger partial charge < -0.3 is 14.6 Å². The van der Waals surface area contributed by atoms with Crippen molar-refractivity contribution in [3.63, 3.8) is 0 Å². The zero-order valence-corrected chi connectivity index (χ0v) is 15.7. The average Bonchev–Trinajstić information content (AvgIpc) is 3.22. The van der Waals surface area contributed by atoms with Gasteiger partial charge in [0.05, 0.1) is 19.8 Å². The number of hydrogen-bond donors (Lipinski definition) is 1. The lowest BCUT2D eigenvalue weighted by Gasteiger charge is -2.19. The van der Waals surface area contributed by atoms with E-state index in [1.165, 1.54) is 6.07 Å². The van der Waals surface area contributed by atoms with Gasteiger partial charge >= 0.3 is 0 Å². The number of rotatable bonds is 6. The Morgan fingerprint density at radius 1 is 1.14 bits per heavy atom. The molecule has 1 aromatic heterocycles. The van der Waals surface area contributed by atoms with Crippen molar-refractivity contribution >= 4 is 5.78 Å². The summed E-state index contributed by atoms with van der Waals surface area (Å²) in [6.07, 6.45) is 2.12. The molecule has 0 amide bonds. The Morgan fingerprint density at radius 3 is 2.39 bits per heavy atom. The minimum Gasteiger partial charge on any atom is -0.504 e. The quantitative estimate of drug-likeness (QED) is 0.608. The van der Waals surface area contributed by atoms with E-state index >= 15 is 0 Å². The average molecular weight is 386 g/mol. The van der Waals surface area contributed by atoms with Gasteiger partial charge in [-0.05, 0) is 61.1 Å². The molecule has 0 unspecified atom stereocenters. The van der Waals surface area contributed by atoms with E-state index in [-0.39, 0.29) is 24.1 Å². The lowest BCUT2D eigenvalue weighted by Crippen LogP contribution is -2.30. The number of carbonyl (C=O) groups excluding carboxylic acids is 1. The molecule has 2 aromatic rings. The van der Waals surface area contributed by atoms with Gasteiger partial charge in [-0.2, -0.15) is 4.39 Å². The van der Waals surface area contributed by atoms with E-state index in [4.69, 9.17) is 9.47 Å². The van der Waals surface area contributed by atoms with Gasteiger partial charge in [-0.1, -0.05) is 0 Å². The van der Waals surface area contributed by atoms with Gasteiger partial charge in [0.25, 0.3) is 5.95 Å². The van der Waals surface area contributed by atoms with Crippen LogP contribution in [-0.4, -0.2) is 53.6 Å². The van der Waals surface area contributed by atoms with Crippen molar-refractivity contribution in [1.82, 2.24) is 9.88 Å². The van der Waals surface area contributed by atoms with Gasteiger partial charge in [0, 0.05) is 13.1 Å². The molecule has 2 fully saturated rings. The summed E-state index contributed by atoms with van der Waals surface area (Å²) in [5, 5.41) is 9.20. The molecule has 0 radical (unpaired) electrons. The second-order valence-electron chi connectivity index (χ2n) is 7.53. The number of hydrogen-bond acceptors (Lipinski definition) is 6. The first-order valence-corrected chi connectivity index (χ1v) is 9.43. The Bertz CT molecular complexity index is 844. The molecule has 0 spiro atoms. The number of ketones is 1. The highest BCUT2D eigenvalue weighted by atomic mass is 19.1. The normalized spacial score (nSPS) is 24.1. The monoisotopic (exact) mass is 386 g/mol. The number of aromatic hydroxyl groups is 1. The minimum absolute atomic E-state index is 0.0491. The third kappa shape index (κ3) is 3.94. The molecule has 1 aliphatic carbocycles. The smallest absolute Gasteiger partial charge is 0.255 e. The van der Waals surface area contributed by atoms with E-state index in [2.05, 4.69) is 9.88 Å². The van der Waals surface area contributed by atoms with Crippen LogP contribution in [0.25, 0.3) is 0 Å². The van der Waals surface area contributed by atoms with E-state index in [1.54, 1.807) is 7.11 Å². The third-order valence-electron chi connectivity index (χ3n) is 5.63. The van der Waals surface area contributed by atoms with Crippen LogP contribution in [0.15, 0.2) is 36.4 Å². The summed E-state index contributed by atoms with van der Waals surface area (Å²) in [5.74, 6) is 0.862. The highest BCUT2D eigenvalue weighted by Gasteiger charge is 2.42. The molecule has 0 bridgehead atoms. The molecular weight excluding hydrogens is 363 g/mol. The van der Waals surface area contributed by atoms with Crippen LogP contribution in [-0.2, 0) is 0 Å². The van der Waals surface area contributed by atoms with E-state index in [0.29, 0.717) is 11.8 Å². The fourth-order valence-electron chi connectivity index (χ4n) is 4.28. The second kappa shape index (κ2) is 7.75. The first kappa shape index (κ1) is 18.7.